The number of hydrogen-bond acceptors (Lipinski definition) is 10. The second kappa shape index (κ2) is 12.6. The second-order valence-corrected chi connectivity index (χ2v) is 9.08. The number of nitrogens with two attached hydrogens (primary N) is 1. The predicted molar refractivity (Wildman–Crippen MR) is 136 cm³/mol. The maximum Gasteiger partial charge on any atom is 0.351 e. The molecule has 12 heteroatoms. The third kappa shape index (κ3) is 6.50. The molecule has 12 nitrogen and oxygen atoms in total. The van der Waals surface area contributed by atoms with E-state index >= 15 is 0 Å². The zero-order chi connectivity index (χ0) is 28.0. The molecule has 2 atom stereocenters. The standard InChI is InChI=1S/C17H20O6.C9H13N3O3/c1-9(5-7-13(18)19)4-6-11-15(20)14-12(8-23-17(14)21)10(2)16(11)22-3;10-7-3-4-12(9(14)11-7)8-2-1-6(5-13)15-8/h4,20H,5-8H2,1-3H3,(H,18,19);3-4,6,8,13H,1-2,5H2,(H2,10,11,14)/b9-4+;/t;6-,8+/m.0/s1. The highest BCUT2D eigenvalue weighted by molar-refractivity contribution is 5.98. The monoisotopic (exact) mass is 531 g/mol. The molecule has 206 valence electrons. The Kier molecular flexibility index (Phi) is 9.48. The topological polar surface area (TPSA) is 183 Å². The van der Waals surface area contributed by atoms with Gasteiger partial charge in [0.05, 0.1) is 19.8 Å². The number of aliphatic hydroxyl groups is 1. The van der Waals surface area contributed by atoms with Gasteiger partial charge in [-0.05, 0) is 51.2 Å². The molecule has 4 rings (SSSR count). The number of carbonyl (C=O) groups is 2. The van der Waals surface area contributed by atoms with Crippen LogP contribution in [0.4, 0.5) is 5.82 Å². The zero-order valence-electron chi connectivity index (χ0n) is 21.6. The van der Waals surface area contributed by atoms with Crippen molar-refractivity contribution in [2.24, 2.45) is 0 Å². The minimum absolute atomic E-state index is 0.0202. The van der Waals surface area contributed by atoms with E-state index in [0.717, 1.165) is 17.6 Å². The Morgan fingerprint density at radius 3 is 2.66 bits per heavy atom. The average molecular weight is 532 g/mol. The fraction of sp³-hybridized carbons (Fsp3) is 0.462. The number of nitrogen functional groups attached to an aromatic ring is 1. The number of aliphatic hydroxyl groups excluding tert-OH is 1. The normalized spacial score (nSPS) is 18.4. The molecule has 1 fully saturated rings. The first-order valence-electron chi connectivity index (χ1n) is 12.1. The molecule has 0 saturated carbocycles. The molecule has 2 aliphatic rings. The lowest BCUT2D eigenvalue weighted by atomic mass is 9.94. The highest BCUT2D eigenvalue weighted by atomic mass is 16.5. The van der Waals surface area contributed by atoms with Gasteiger partial charge in [-0.25, -0.2) is 9.59 Å². The Labute approximate surface area is 219 Å². The van der Waals surface area contributed by atoms with Crippen LogP contribution in [-0.2, 0) is 27.3 Å². The molecule has 0 unspecified atom stereocenters. The lowest BCUT2D eigenvalue weighted by Crippen LogP contribution is -2.27. The molecule has 3 heterocycles. The number of ether oxygens (including phenoxy) is 3. The van der Waals surface area contributed by atoms with Crippen molar-refractivity contribution in [3.63, 3.8) is 0 Å². The molecule has 1 saturated heterocycles. The van der Waals surface area contributed by atoms with Gasteiger partial charge in [-0.3, -0.25) is 9.36 Å². The van der Waals surface area contributed by atoms with Crippen LogP contribution in [0.5, 0.6) is 11.5 Å². The number of aromatic hydroxyl groups is 1. The number of benzene rings is 1. The number of phenolic OH excluding ortho intramolecular Hbond substituents is 1. The SMILES string of the molecule is COc1c(C)c2c(c(O)c1C/C=C(\C)CCC(=O)O)C(=O)OC2.Nc1ccn([C@H]2CC[C@@H](CO)O2)c(=O)n1. The number of aromatic nitrogens is 2. The number of hydrogen-bond donors (Lipinski definition) is 4. The maximum absolute atomic E-state index is 11.8. The lowest BCUT2D eigenvalue weighted by molar-refractivity contribution is -0.136. The average Bonchev–Trinajstić information content (AvgIpc) is 3.51. The molecule has 0 radical (unpaired) electrons. The van der Waals surface area contributed by atoms with Crippen LogP contribution in [0.15, 0.2) is 28.7 Å². The largest absolute Gasteiger partial charge is 0.507 e. The van der Waals surface area contributed by atoms with Gasteiger partial charge in [0.2, 0.25) is 0 Å². The number of anilines is 1. The van der Waals surface area contributed by atoms with Crippen LogP contribution in [0.1, 0.15) is 65.9 Å². The number of aliphatic carboxylic acids is 1. The van der Waals surface area contributed by atoms with Gasteiger partial charge < -0.3 is 35.3 Å². The van der Waals surface area contributed by atoms with Crippen LogP contribution in [0, 0.1) is 6.92 Å². The molecule has 1 aromatic carbocycles. The summed E-state index contributed by atoms with van der Waals surface area (Å²) < 4.78 is 17.2. The van der Waals surface area contributed by atoms with Gasteiger partial charge in [0.25, 0.3) is 0 Å². The van der Waals surface area contributed by atoms with Crippen molar-refractivity contribution in [3.8, 4) is 11.5 Å². The van der Waals surface area contributed by atoms with E-state index in [9.17, 15) is 19.5 Å². The molecule has 0 bridgehead atoms. The molecule has 0 spiro atoms. The summed E-state index contributed by atoms with van der Waals surface area (Å²) in [4.78, 5) is 37.5. The number of rotatable bonds is 8. The Bertz CT molecular complexity index is 1290. The van der Waals surface area contributed by atoms with Crippen molar-refractivity contribution < 1.29 is 39.1 Å². The van der Waals surface area contributed by atoms with E-state index < -0.39 is 17.6 Å². The quantitative estimate of drug-likeness (QED) is 0.289. The fourth-order valence-electron chi connectivity index (χ4n) is 4.38. The molecule has 2 aromatic rings. The van der Waals surface area contributed by atoms with Crippen LogP contribution >= 0.6 is 0 Å². The number of allylic oxidation sites excluding steroid dienone is 2. The molecule has 2 aliphatic heterocycles. The molecule has 38 heavy (non-hydrogen) atoms. The van der Waals surface area contributed by atoms with Crippen molar-refractivity contribution in [1.29, 1.82) is 0 Å². The number of cyclic esters (lactones) is 1. The molecule has 1 aromatic heterocycles. The summed E-state index contributed by atoms with van der Waals surface area (Å²) in [7, 11) is 1.51. The Balaban J connectivity index is 0.000000230. The summed E-state index contributed by atoms with van der Waals surface area (Å²) in [5.41, 5.74) is 8.00. The number of carboxylic acid groups (broad SMARTS) is 1. The van der Waals surface area contributed by atoms with E-state index in [1.165, 1.54) is 11.7 Å². The predicted octanol–water partition coefficient (Wildman–Crippen LogP) is 2.23. The van der Waals surface area contributed by atoms with Gasteiger partial charge in [0.15, 0.2) is 0 Å². The number of fused-ring (bicyclic) bond motifs is 1. The smallest absolute Gasteiger partial charge is 0.351 e. The number of phenols is 1. The summed E-state index contributed by atoms with van der Waals surface area (Å²) in [5.74, 6) is -0.771. The number of nitrogens with zero attached hydrogens (tertiary/aromatic N) is 2. The van der Waals surface area contributed by atoms with E-state index in [2.05, 4.69) is 4.98 Å². The van der Waals surface area contributed by atoms with Crippen molar-refractivity contribution in [2.45, 2.75) is 64.9 Å². The van der Waals surface area contributed by atoms with E-state index in [4.69, 9.17) is 30.2 Å². The van der Waals surface area contributed by atoms with Crippen LogP contribution in [0.2, 0.25) is 0 Å². The number of carbonyl (C=O) groups excluding carboxylic acids is 1. The summed E-state index contributed by atoms with van der Waals surface area (Å²) >= 11 is 0. The first-order valence-corrected chi connectivity index (χ1v) is 12.1. The zero-order valence-corrected chi connectivity index (χ0v) is 21.6. The van der Waals surface area contributed by atoms with Gasteiger partial charge in [-0.15, -0.1) is 0 Å². The summed E-state index contributed by atoms with van der Waals surface area (Å²) in [5, 5.41) is 28.0. The van der Waals surface area contributed by atoms with Gasteiger partial charge in [0.1, 0.15) is 35.7 Å². The molecule has 0 aliphatic carbocycles. The first kappa shape index (κ1) is 28.7. The van der Waals surface area contributed by atoms with Gasteiger partial charge >= 0.3 is 17.6 Å². The van der Waals surface area contributed by atoms with Crippen molar-refractivity contribution in [3.05, 3.63) is 56.7 Å². The summed E-state index contributed by atoms with van der Waals surface area (Å²) in [6.07, 6.45) is 5.19. The second-order valence-electron chi connectivity index (χ2n) is 9.08. The highest BCUT2D eigenvalue weighted by Gasteiger charge is 2.32. The summed E-state index contributed by atoms with van der Waals surface area (Å²) in [6, 6.07) is 1.55. The molecule has 0 amide bonds. The Morgan fingerprint density at radius 2 is 2.05 bits per heavy atom. The fourth-order valence-corrected chi connectivity index (χ4v) is 4.38. The highest BCUT2D eigenvalue weighted by Crippen LogP contribution is 2.42. The van der Waals surface area contributed by atoms with Crippen LogP contribution in [0.3, 0.4) is 0 Å². The Hall–Kier alpha value is -3.90. The molecular weight excluding hydrogens is 498 g/mol. The summed E-state index contributed by atoms with van der Waals surface area (Å²) in [6.45, 7) is 3.77. The minimum Gasteiger partial charge on any atom is -0.507 e. The van der Waals surface area contributed by atoms with Crippen LogP contribution in [0.25, 0.3) is 0 Å². The minimum atomic E-state index is -0.853. The molecular formula is C26H33N3O9. The third-order valence-corrected chi connectivity index (χ3v) is 6.49. The van der Waals surface area contributed by atoms with E-state index in [1.807, 2.05) is 19.9 Å². The maximum atomic E-state index is 11.8. The third-order valence-electron chi connectivity index (χ3n) is 6.49. The number of carboxylic acids is 1. The Morgan fingerprint density at radius 1 is 1.32 bits per heavy atom. The van der Waals surface area contributed by atoms with E-state index in [1.54, 1.807) is 12.3 Å². The van der Waals surface area contributed by atoms with Crippen molar-refractivity contribution >= 4 is 17.8 Å². The van der Waals surface area contributed by atoms with Crippen molar-refractivity contribution in [1.82, 2.24) is 9.55 Å². The number of esters is 1. The number of methoxy groups -OCH3 is 1. The van der Waals surface area contributed by atoms with Crippen molar-refractivity contribution in [2.75, 3.05) is 19.5 Å². The van der Waals surface area contributed by atoms with Gasteiger partial charge in [0, 0.05) is 23.7 Å². The lowest BCUT2D eigenvalue weighted by Gasteiger charge is -2.15. The first-order chi connectivity index (χ1) is 18.1. The van der Waals surface area contributed by atoms with E-state index in [-0.39, 0.29) is 49.1 Å². The van der Waals surface area contributed by atoms with Gasteiger partial charge in [-0.2, -0.15) is 4.98 Å². The van der Waals surface area contributed by atoms with Crippen LogP contribution in [-0.4, -0.2) is 56.6 Å². The van der Waals surface area contributed by atoms with Gasteiger partial charge in [-0.1, -0.05) is 11.6 Å². The molecule has 5 N–H and O–H groups in total. The van der Waals surface area contributed by atoms with Crippen LogP contribution < -0.4 is 16.2 Å². The van der Waals surface area contributed by atoms with E-state index in [0.29, 0.717) is 36.1 Å².